The first-order valence-electron chi connectivity index (χ1n) is 13.6. The van der Waals surface area contributed by atoms with Crippen molar-refractivity contribution < 1.29 is 34.1 Å². The van der Waals surface area contributed by atoms with Crippen molar-refractivity contribution in [1.29, 1.82) is 0 Å². The molecule has 0 aliphatic heterocycles. The molecule has 0 aromatic heterocycles. The van der Waals surface area contributed by atoms with Gasteiger partial charge in [0.15, 0.2) is 0 Å². The zero-order valence-electron chi connectivity index (χ0n) is 22.0. The van der Waals surface area contributed by atoms with Gasteiger partial charge in [0.05, 0.1) is 0 Å². The Bertz CT molecular complexity index is 1010. The topological polar surface area (TPSA) is 0 Å². The van der Waals surface area contributed by atoms with Gasteiger partial charge in [-0.1, -0.05) is 57.8 Å². The van der Waals surface area contributed by atoms with Crippen LogP contribution >= 0.6 is 0 Å². The van der Waals surface area contributed by atoms with Crippen LogP contribution in [0.5, 0.6) is 0 Å². The molecule has 2 heteroatoms. The third-order valence-corrected chi connectivity index (χ3v) is 7.24. The first-order valence-corrected chi connectivity index (χ1v) is 13.6. The maximum Gasteiger partial charge on any atom is 0 e. The molecular formula is C35H40Fe2-8. The quantitative estimate of drug-likeness (QED) is 0.165. The van der Waals surface area contributed by atoms with Gasteiger partial charge in [0, 0.05) is 34.1 Å². The third-order valence-electron chi connectivity index (χ3n) is 7.24. The van der Waals surface area contributed by atoms with E-state index in [1.54, 1.807) is 22.3 Å². The summed E-state index contributed by atoms with van der Waals surface area (Å²) in [5, 5.41) is 0. The van der Waals surface area contributed by atoms with Gasteiger partial charge in [-0.2, -0.15) is 65.7 Å². The van der Waals surface area contributed by atoms with Crippen LogP contribution in [0.15, 0.2) is 109 Å². The number of rotatable bonds is 5. The van der Waals surface area contributed by atoms with Gasteiger partial charge in [0.25, 0.3) is 0 Å². The summed E-state index contributed by atoms with van der Waals surface area (Å²) in [4.78, 5) is 0. The second-order valence-corrected chi connectivity index (χ2v) is 9.63. The summed E-state index contributed by atoms with van der Waals surface area (Å²) in [5.74, 6) is 0.528. The van der Waals surface area contributed by atoms with Crippen LogP contribution in [0.1, 0.15) is 92.9 Å². The van der Waals surface area contributed by atoms with Crippen LogP contribution in [-0.2, 0) is 34.1 Å². The second kappa shape index (κ2) is 17.4. The van der Waals surface area contributed by atoms with Crippen LogP contribution in [0.2, 0.25) is 0 Å². The monoisotopic (exact) mass is 572 g/mol. The van der Waals surface area contributed by atoms with Gasteiger partial charge in [-0.15, -0.1) is 34.4 Å². The minimum Gasteiger partial charge on any atom is -0.748 e. The molecule has 204 valence electrons. The average Bonchev–Trinajstić information content (AvgIpc) is 3.76. The molecule has 6 rings (SSSR count). The van der Waals surface area contributed by atoms with Crippen LogP contribution in [0.25, 0.3) is 11.1 Å². The Morgan fingerprint density at radius 2 is 1.14 bits per heavy atom. The van der Waals surface area contributed by atoms with Gasteiger partial charge < -0.3 is 30.3 Å². The number of allylic oxidation sites excluding steroid dienone is 4. The Kier molecular flexibility index (Phi) is 14.7. The van der Waals surface area contributed by atoms with E-state index in [0.717, 1.165) is 0 Å². The molecule has 2 aliphatic rings. The van der Waals surface area contributed by atoms with E-state index in [2.05, 4.69) is 55.5 Å². The molecule has 0 saturated carbocycles. The van der Waals surface area contributed by atoms with Crippen molar-refractivity contribution in [3.05, 3.63) is 131 Å². The van der Waals surface area contributed by atoms with Crippen molar-refractivity contribution in [2.24, 2.45) is 0 Å². The predicted molar refractivity (Wildman–Crippen MR) is 153 cm³/mol. The van der Waals surface area contributed by atoms with Crippen molar-refractivity contribution >= 4 is 11.1 Å². The van der Waals surface area contributed by atoms with Crippen LogP contribution < -0.4 is 0 Å². The Morgan fingerprint density at radius 3 is 1.46 bits per heavy atom. The standard InChI is InChI=1S/C25H30.2C5H5.2Fe/c1-2-21(24-17-9-15-22(24)19-11-5-3-6-12-19)25-18-10-16-23(25)20-13-7-4-8-14-20;2*1-2-4-5-3-1;;/h9-11,13,15-18,21H,2-8,12,14H2,1H3;2*1-5H;;/q-2;-5;-1;;. The minimum absolute atomic E-state index is 0. The first-order chi connectivity index (χ1) is 17.4. The maximum atomic E-state index is 2.49. The smallest absolute Gasteiger partial charge is 0 e. The summed E-state index contributed by atoms with van der Waals surface area (Å²) in [5.41, 5.74) is 9.34. The Hall–Kier alpha value is -2.08. The van der Waals surface area contributed by atoms with E-state index in [0.29, 0.717) is 5.92 Å². The van der Waals surface area contributed by atoms with E-state index in [1.807, 2.05) is 60.7 Å². The number of hydrogen-bond acceptors (Lipinski definition) is 0. The van der Waals surface area contributed by atoms with Crippen molar-refractivity contribution in [2.75, 3.05) is 0 Å². The van der Waals surface area contributed by atoms with Gasteiger partial charge in [0.1, 0.15) is 0 Å². The summed E-state index contributed by atoms with van der Waals surface area (Å²) in [6.07, 6.45) is 16.6. The van der Waals surface area contributed by atoms with Crippen molar-refractivity contribution in [2.45, 2.75) is 70.6 Å². The van der Waals surface area contributed by atoms with Crippen molar-refractivity contribution in [3.8, 4) is 0 Å². The van der Waals surface area contributed by atoms with Crippen LogP contribution in [-0.4, -0.2) is 0 Å². The molecule has 0 nitrogen and oxygen atoms in total. The molecule has 4 aromatic rings. The minimum atomic E-state index is 0. The first kappa shape index (κ1) is 31.1. The van der Waals surface area contributed by atoms with Crippen LogP contribution in [0.3, 0.4) is 0 Å². The van der Waals surface area contributed by atoms with E-state index >= 15 is 0 Å². The Morgan fingerprint density at radius 1 is 0.676 bits per heavy atom. The van der Waals surface area contributed by atoms with E-state index in [9.17, 15) is 0 Å². The van der Waals surface area contributed by atoms with Crippen LogP contribution in [0, 0.1) is 0 Å². The fraction of sp³-hybridized carbons (Fsp3) is 0.314. The summed E-state index contributed by atoms with van der Waals surface area (Å²) in [6.45, 7) is 2.35. The van der Waals surface area contributed by atoms with Gasteiger partial charge in [-0.25, -0.2) is 12.1 Å². The van der Waals surface area contributed by atoms with E-state index < -0.39 is 0 Å². The van der Waals surface area contributed by atoms with Gasteiger partial charge in [0.2, 0.25) is 0 Å². The molecule has 0 spiro atoms. The Balaban J connectivity index is 0.000000335. The summed E-state index contributed by atoms with van der Waals surface area (Å²) < 4.78 is 0. The molecule has 37 heavy (non-hydrogen) atoms. The molecule has 0 N–H and O–H groups in total. The second-order valence-electron chi connectivity index (χ2n) is 9.63. The van der Waals surface area contributed by atoms with E-state index in [4.69, 9.17) is 0 Å². The fourth-order valence-electron chi connectivity index (χ4n) is 5.48. The van der Waals surface area contributed by atoms with E-state index in [1.165, 1.54) is 68.9 Å². The molecular weight excluding hydrogens is 532 g/mol. The molecule has 0 heterocycles. The zero-order chi connectivity index (χ0) is 24.1. The van der Waals surface area contributed by atoms with Gasteiger partial charge in [-0.05, 0) is 12.8 Å². The van der Waals surface area contributed by atoms with E-state index in [-0.39, 0.29) is 34.1 Å². The van der Waals surface area contributed by atoms with Gasteiger partial charge in [-0.3, -0.25) is 0 Å². The third kappa shape index (κ3) is 9.01. The molecule has 4 aromatic carbocycles. The molecule has 0 unspecified atom stereocenters. The normalized spacial score (nSPS) is 14.5. The summed E-state index contributed by atoms with van der Waals surface area (Å²) >= 11 is 0. The molecule has 2 aliphatic carbocycles. The fourth-order valence-corrected chi connectivity index (χ4v) is 5.48. The Labute approximate surface area is 246 Å². The largest absolute Gasteiger partial charge is 0.748 e. The summed E-state index contributed by atoms with van der Waals surface area (Å²) in [6, 6.07) is 34.0. The van der Waals surface area contributed by atoms with Crippen LogP contribution in [0.4, 0.5) is 0 Å². The van der Waals surface area contributed by atoms with Crippen molar-refractivity contribution in [3.63, 3.8) is 0 Å². The molecule has 0 atom stereocenters. The molecule has 0 radical (unpaired) electrons. The molecule has 0 fully saturated rings. The number of hydrogen-bond donors (Lipinski definition) is 0. The predicted octanol–water partition coefficient (Wildman–Crippen LogP) is 10.4. The van der Waals surface area contributed by atoms with Crippen molar-refractivity contribution in [1.82, 2.24) is 0 Å². The zero-order valence-corrected chi connectivity index (χ0v) is 24.2. The molecule has 0 bridgehead atoms. The summed E-state index contributed by atoms with van der Waals surface area (Å²) in [7, 11) is 0. The van der Waals surface area contributed by atoms with Gasteiger partial charge >= 0.3 is 0 Å². The molecule has 0 saturated heterocycles. The SMILES string of the molecule is CCC([c-]1cccc1C1=CCCCC1)[c-]1cccc1C1=CCCCC1.[Fe].[Fe].[cH-]1[cH-][cH-][cH-][cH-]1.c1cc[cH-]c1. The maximum absolute atomic E-state index is 2.49. The average molecular weight is 572 g/mol. The molecule has 0 amide bonds.